The molecule has 1 rings (SSSR count). The number of unbranched alkanes of at least 4 members (excludes halogenated alkanes) is 1. The molecule has 4 heteroatoms. The number of halogens is 1. The van der Waals surface area contributed by atoms with Gasteiger partial charge in [-0.05, 0) is 34.1 Å². The SMILES string of the molecule is CCC/C=C(\F)B1OC(C)(C)C(C)(C)O1. The van der Waals surface area contributed by atoms with Crippen LogP contribution in [0.1, 0.15) is 47.5 Å². The van der Waals surface area contributed by atoms with Crippen LogP contribution in [0.25, 0.3) is 0 Å². The Morgan fingerprint density at radius 1 is 1.20 bits per heavy atom. The minimum absolute atomic E-state index is 0.310. The predicted octanol–water partition coefficient (Wildman–Crippen LogP) is 3.27. The van der Waals surface area contributed by atoms with Crippen molar-refractivity contribution in [3.05, 3.63) is 11.8 Å². The van der Waals surface area contributed by atoms with Gasteiger partial charge < -0.3 is 9.31 Å². The second-order valence-electron chi connectivity index (χ2n) is 4.97. The molecule has 0 spiro atoms. The van der Waals surface area contributed by atoms with Crippen molar-refractivity contribution in [1.29, 1.82) is 0 Å². The lowest BCUT2D eigenvalue weighted by atomic mass is 9.87. The summed E-state index contributed by atoms with van der Waals surface area (Å²) in [5.74, 6) is 0. The third kappa shape index (κ3) is 2.61. The van der Waals surface area contributed by atoms with Crippen LogP contribution in [0, 0.1) is 0 Å². The number of hydrogen-bond acceptors (Lipinski definition) is 2. The van der Waals surface area contributed by atoms with E-state index >= 15 is 0 Å². The molecular formula is C11H20BFO2. The van der Waals surface area contributed by atoms with Gasteiger partial charge in [0.25, 0.3) is 0 Å². The molecule has 1 aliphatic rings. The van der Waals surface area contributed by atoms with Crippen molar-refractivity contribution in [2.45, 2.75) is 58.7 Å². The quantitative estimate of drug-likeness (QED) is 0.671. The first-order valence-electron chi connectivity index (χ1n) is 5.51. The Kier molecular flexibility index (Phi) is 3.61. The lowest BCUT2D eigenvalue weighted by molar-refractivity contribution is 0.00578. The Bertz CT molecular complexity index is 245. The second kappa shape index (κ2) is 4.26. The van der Waals surface area contributed by atoms with Crippen molar-refractivity contribution in [2.75, 3.05) is 0 Å². The minimum Gasteiger partial charge on any atom is -0.398 e. The van der Waals surface area contributed by atoms with E-state index in [1.165, 1.54) is 0 Å². The van der Waals surface area contributed by atoms with E-state index < -0.39 is 18.3 Å². The molecule has 1 aliphatic heterocycles. The Morgan fingerprint density at radius 2 is 1.67 bits per heavy atom. The molecule has 0 saturated carbocycles. The molecule has 0 unspecified atom stereocenters. The average Bonchev–Trinajstić information content (AvgIpc) is 2.32. The van der Waals surface area contributed by atoms with Crippen LogP contribution in [0.3, 0.4) is 0 Å². The monoisotopic (exact) mass is 214 g/mol. The first kappa shape index (κ1) is 12.7. The maximum absolute atomic E-state index is 13.6. The molecule has 1 saturated heterocycles. The second-order valence-corrected chi connectivity index (χ2v) is 4.97. The third-order valence-corrected chi connectivity index (χ3v) is 3.11. The number of allylic oxidation sites excluding steroid dienone is 1. The highest BCUT2D eigenvalue weighted by atomic mass is 19.1. The Morgan fingerprint density at radius 3 is 2.07 bits per heavy atom. The molecule has 1 heterocycles. The summed E-state index contributed by atoms with van der Waals surface area (Å²) < 4.78 is 24.7. The van der Waals surface area contributed by atoms with E-state index in [1.54, 1.807) is 6.08 Å². The smallest absolute Gasteiger partial charge is 0.398 e. The van der Waals surface area contributed by atoms with Crippen molar-refractivity contribution in [3.63, 3.8) is 0 Å². The van der Waals surface area contributed by atoms with E-state index in [9.17, 15) is 4.39 Å². The fraction of sp³-hybridized carbons (Fsp3) is 0.818. The van der Waals surface area contributed by atoms with E-state index in [4.69, 9.17) is 9.31 Å². The lowest BCUT2D eigenvalue weighted by Crippen LogP contribution is -2.41. The van der Waals surface area contributed by atoms with Gasteiger partial charge in [0.2, 0.25) is 0 Å². The molecule has 0 radical (unpaired) electrons. The van der Waals surface area contributed by atoms with Gasteiger partial charge in [-0.25, -0.2) is 4.39 Å². The van der Waals surface area contributed by atoms with Crippen molar-refractivity contribution >= 4 is 7.12 Å². The van der Waals surface area contributed by atoms with E-state index in [0.29, 0.717) is 0 Å². The zero-order valence-electron chi connectivity index (χ0n) is 10.3. The van der Waals surface area contributed by atoms with Crippen LogP contribution in [-0.4, -0.2) is 18.3 Å². The standard InChI is InChI=1S/C11H20BFO2/c1-6-7-8-9(13)12-14-10(2,3)11(4,5)15-12/h8H,6-7H2,1-5H3/b9-8-. The van der Waals surface area contributed by atoms with Crippen LogP contribution in [0.5, 0.6) is 0 Å². The van der Waals surface area contributed by atoms with Crippen molar-refractivity contribution in [1.82, 2.24) is 0 Å². The third-order valence-electron chi connectivity index (χ3n) is 3.11. The van der Waals surface area contributed by atoms with Gasteiger partial charge in [0, 0.05) is 0 Å². The molecule has 2 nitrogen and oxygen atoms in total. The van der Waals surface area contributed by atoms with Crippen molar-refractivity contribution in [2.24, 2.45) is 0 Å². The molecule has 0 aromatic rings. The normalized spacial score (nSPS) is 24.7. The summed E-state index contributed by atoms with van der Waals surface area (Å²) in [5.41, 5.74) is -1.24. The Balaban J connectivity index is 2.70. The number of rotatable bonds is 3. The van der Waals surface area contributed by atoms with Crippen LogP contribution >= 0.6 is 0 Å². The highest BCUT2D eigenvalue weighted by Gasteiger charge is 2.52. The molecule has 0 atom stereocenters. The fourth-order valence-electron chi connectivity index (χ4n) is 1.33. The highest BCUT2D eigenvalue weighted by molar-refractivity contribution is 6.53. The molecule has 0 aromatic carbocycles. The van der Waals surface area contributed by atoms with E-state index in [2.05, 4.69) is 0 Å². The molecule has 0 N–H and O–H groups in total. The highest BCUT2D eigenvalue weighted by Crippen LogP contribution is 2.38. The van der Waals surface area contributed by atoms with Crippen molar-refractivity contribution < 1.29 is 13.7 Å². The van der Waals surface area contributed by atoms with Crippen LogP contribution in [0.2, 0.25) is 0 Å². The van der Waals surface area contributed by atoms with E-state index in [1.807, 2.05) is 34.6 Å². The van der Waals surface area contributed by atoms with Gasteiger partial charge in [0.15, 0.2) is 0 Å². The maximum atomic E-state index is 13.6. The molecule has 86 valence electrons. The Hall–Kier alpha value is -0.345. The molecule has 1 fully saturated rings. The fourth-order valence-corrected chi connectivity index (χ4v) is 1.33. The van der Waals surface area contributed by atoms with Gasteiger partial charge in [0.05, 0.1) is 11.2 Å². The van der Waals surface area contributed by atoms with Gasteiger partial charge in [-0.3, -0.25) is 0 Å². The first-order valence-corrected chi connectivity index (χ1v) is 5.51. The predicted molar refractivity (Wildman–Crippen MR) is 60.2 cm³/mol. The number of hydrogen-bond donors (Lipinski definition) is 0. The minimum atomic E-state index is -0.832. The van der Waals surface area contributed by atoms with E-state index in [0.717, 1.165) is 12.8 Å². The van der Waals surface area contributed by atoms with Gasteiger partial charge in [-0.2, -0.15) is 0 Å². The van der Waals surface area contributed by atoms with E-state index in [-0.39, 0.29) is 5.73 Å². The van der Waals surface area contributed by atoms with Crippen molar-refractivity contribution in [3.8, 4) is 0 Å². The summed E-state index contributed by atoms with van der Waals surface area (Å²) in [6.07, 6.45) is 3.19. The summed E-state index contributed by atoms with van der Waals surface area (Å²) in [6, 6.07) is 0. The molecule has 0 bridgehead atoms. The molecule has 0 amide bonds. The first-order chi connectivity index (χ1) is 6.80. The molecule has 0 aromatic heterocycles. The summed E-state index contributed by atoms with van der Waals surface area (Å²) >= 11 is 0. The zero-order chi connectivity index (χ0) is 11.7. The molecule has 15 heavy (non-hydrogen) atoms. The summed E-state index contributed by atoms with van der Waals surface area (Å²) in [6.45, 7) is 9.68. The average molecular weight is 214 g/mol. The largest absolute Gasteiger partial charge is 0.524 e. The van der Waals surface area contributed by atoms with Crippen LogP contribution in [-0.2, 0) is 9.31 Å². The van der Waals surface area contributed by atoms with Gasteiger partial charge >= 0.3 is 7.12 Å². The molecular weight excluding hydrogens is 194 g/mol. The topological polar surface area (TPSA) is 18.5 Å². The van der Waals surface area contributed by atoms with Crippen LogP contribution in [0.15, 0.2) is 11.8 Å². The lowest BCUT2D eigenvalue weighted by Gasteiger charge is -2.32. The van der Waals surface area contributed by atoms with Gasteiger partial charge in [-0.1, -0.05) is 19.4 Å². The maximum Gasteiger partial charge on any atom is 0.524 e. The van der Waals surface area contributed by atoms with Gasteiger partial charge in [-0.15, -0.1) is 0 Å². The summed E-state index contributed by atoms with van der Waals surface area (Å²) in [5, 5.41) is 0. The van der Waals surface area contributed by atoms with Crippen LogP contribution in [0.4, 0.5) is 4.39 Å². The summed E-state index contributed by atoms with van der Waals surface area (Å²) in [7, 11) is -0.832. The summed E-state index contributed by atoms with van der Waals surface area (Å²) in [4.78, 5) is 0. The van der Waals surface area contributed by atoms with Gasteiger partial charge in [0.1, 0.15) is 5.73 Å². The Labute approximate surface area is 92.0 Å². The zero-order valence-corrected chi connectivity index (χ0v) is 10.3. The van der Waals surface area contributed by atoms with Crippen LogP contribution < -0.4 is 0 Å². The molecule has 0 aliphatic carbocycles.